The molecule has 4 nitrogen and oxygen atoms in total. The van der Waals surface area contributed by atoms with Crippen molar-refractivity contribution < 1.29 is 4.74 Å². The molecular weight excluding hydrogens is 322 g/mol. The average molecular weight is 347 g/mol. The van der Waals surface area contributed by atoms with Gasteiger partial charge in [-0.1, -0.05) is 37.3 Å². The van der Waals surface area contributed by atoms with Crippen LogP contribution in [0.15, 0.2) is 53.9 Å². The first-order valence-electron chi connectivity index (χ1n) is 9.18. The van der Waals surface area contributed by atoms with Crippen molar-refractivity contribution in [3.05, 3.63) is 70.6 Å². The molecule has 0 aromatic heterocycles. The first kappa shape index (κ1) is 17.9. The smallest absolute Gasteiger partial charge is 0.205 e. The van der Waals surface area contributed by atoms with Crippen LogP contribution in [0.1, 0.15) is 43.4 Å². The van der Waals surface area contributed by atoms with Crippen molar-refractivity contribution >= 4 is 5.69 Å². The van der Waals surface area contributed by atoms with E-state index in [1.807, 2.05) is 6.07 Å². The molecule has 26 heavy (non-hydrogen) atoms. The molecule has 4 heteroatoms. The number of nitrogens with zero attached hydrogens (tertiary/aromatic N) is 2. The molecule has 1 aliphatic rings. The number of hydrogen-bond donors (Lipinski definition) is 1. The summed E-state index contributed by atoms with van der Waals surface area (Å²) in [7, 11) is 0. The van der Waals surface area contributed by atoms with Crippen LogP contribution < -0.4 is 15.4 Å². The molecule has 0 fully saturated rings. The van der Waals surface area contributed by atoms with Gasteiger partial charge in [-0.15, -0.1) is 0 Å². The molecule has 0 spiro atoms. The van der Waals surface area contributed by atoms with Gasteiger partial charge in [-0.05, 0) is 37.5 Å². The molecule has 0 saturated heterocycles. The van der Waals surface area contributed by atoms with Crippen LogP contribution in [0.2, 0.25) is 0 Å². The molecule has 1 heterocycles. The molecule has 134 valence electrons. The summed E-state index contributed by atoms with van der Waals surface area (Å²) in [5, 5.41) is 9.66. The van der Waals surface area contributed by atoms with Crippen LogP contribution in [0.5, 0.6) is 5.75 Å². The normalized spacial score (nSPS) is 15.8. The fourth-order valence-corrected chi connectivity index (χ4v) is 3.52. The van der Waals surface area contributed by atoms with Gasteiger partial charge in [0.1, 0.15) is 17.4 Å². The molecular formula is C22H25N3O. The van der Waals surface area contributed by atoms with Gasteiger partial charge < -0.3 is 15.4 Å². The Balaban J connectivity index is 2.10. The average Bonchev–Trinajstić information content (AvgIpc) is 2.68. The van der Waals surface area contributed by atoms with Gasteiger partial charge in [0.2, 0.25) is 5.88 Å². The number of anilines is 1. The first-order valence-corrected chi connectivity index (χ1v) is 9.18. The summed E-state index contributed by atoms with van der Waals surface area (Å²) in [6.07, 6.45) is 0.987. The minimum absolute atomic E-state index is 0.194. The van der Waals surface area contributed by atoms with E-state index in [0.29, 0.717) is 5.57 Å². The zero-order chi connectivity index (χ0) is 18.7. The lowest BCUT2D eigenvalue weighted by molar-refractivity contribution is 0.393. The van der Waals surface area contributed by atoms with E-state index in [4.69, 9.17) is 10.5 Å². The third-order valence-electron chi connectivity index (χ3n) is 5.05. The van der Waals surface area contributed by atoms with Crippen LogP contribution >= 0.6 is 0 Å². The lowest BCUT2D eigenvalue weighted by Crippen LogP contribution is -2.24. The molecule has 0 bridgehead atoms. The van der Waals surface area contributed by atoms with Gasteiger partial charge in [0.15, 0.2) is 0 Å². The van der Waals surface area contributed by atoms with Gasteiger partial charge in [0.25, 0.3) is 0 Å². The van der Waals surface area contributed by atoms with Gasteiger partial charge in [-0.25, -0.2) is 0 Å². The van der Waals surface area contributed by atoms with E-state index in [0.717, 1.165) is 42.1 Å². The highest BCUT2D eigenvalue weighted by molar-refractivity contribution is 5.61. The summed E-state index contributed by atoms with van der Waals surface area (Å²) >= 11 is 0. The van der Waals surface area contributed by atoms with E-state index in [2.05, 4.69) is 68.1 Å². The number of benzene rings is 2. The van der Waals surface area contributed by atoms with Crippen LogP contribution in [0.3, 0.4) is 0 Å². The molecule has 0 aliphatic carbocycles. The Kier molecular flexibility index (Phi) is 5.18. The molecule has 0 saturated carbocycles. The van der Waals surface area contributed by atoms with Crippen molar-refractivity contribution in [3.63, 3.8) is 0 Å². The highest BCUT2D eigenvalue weighted by Gasteiger charge is 2.30. The van der Waals surface area contributed by atoms with Gasteiger partial charge in [-0.3, -0.25) is 0 Å². The van der Waals surface area contributed by atoms with Gasteiger partial charge in [0.05, 0.1) is 5.92 Å². The highest BCUT2D eigenvalue weighted by Crippen LogP contribution is 2.43. The Morgan fingerprint density at radius 3 is 2.35 bits per heavy atom. The Hall–Kier alpha value is -2.93. The van der Waals surface area contributed by atoms with Crippen molar-refractivity contribution in [2.24, 2.45) is 5.73 Å². The summed E-state index contributed by atoms with van der Waals surface area (Å²) in [5.74, 6) is 0.733. The standard InChI is InChI=1S/C22H25N3O/c1-4-15-7-9-16(10-8-15)21-18-12-11-17(25(5-2)6-3)13-20(18)26-22(24)19(21)14-23/h7-13,21H,4-6,24H2,1-3H3. The highest BCUT2D eigenvalue weighted by atomic mass is 16.5. The third kappa shape index (κ3) is 3.13. The van der Waals surface area contributed by atoms with E-state index >= 15 is 0 Å². The first-order chi connectivity index (χ1) is 12.6. The predicted octanol–water partition coefficient (Wildman–Crippen LogP) is 4.31. The van der Waals surface area contributed by atoms with E-state index < -0.39 is 0 Å². The van der Waals surface area contributed by atoms with Crippen LogP contribution in [0, 0.1) is 11.3 Å². The van der Waals surface area contributed by atoms with Crippen LogP contribution in [-0.2, 0) is 6.42 Å². The Bertz CT molecular complexity index is 858. The fraction of sp³-hybridized carbons (Fsp3) is 0.318. The number of nitrogens with two attached hydrogens (primary N) is 1. The minimum Gasteiger partial charge on any atom is -0.440 e. The quantitative estimate of drug-likeness (QED) is 0.875. The van der Waals surface area contributed by atoms with Crippen molar-refractivity contribution in [1.29, 1.82) is 5.26 Å². The molecule has 0 radical (unpaired) electrons. The summed E-state index contributed by atoms with van der Waals surface area (Å²) in [6.45, 7) is 8.23. The molecule has 2 aromatic carbocycles. The molecule has 2 N–H and O–H groups in total. The molecule has 2 aromatic rings. The summed E-state index contributed by atoms with van der Waals surface area (Å²) < 4.78 is 5.82. The maximum atomic E-state index is 9.66. The Labute approximate surface area is 155 Å². The number of rotatable bonds is 5. The topological polar surface area (TPSA) is 62.3 Å². The van der Waals surface area contributed by atoms with Crippen molar-refractivity contribution in [2.45, 2.75) is 33.1 Å². The largest absolute Gasteiger partial charge is 0.440 e. The number of nitriles is 1. The lowest BCUT2D eigenvalue weighted by atomic mass is 9.83. The van der Waals surface area contributed by atoms with E-state index in [-0.39, 0.29) is 11.8 Å². The number of aryl methyl sites for hydroxylation is 1. The maximum Gasteiger partial charge on any atom is 0.205 e. The fourth-order valence-electron chi connectivity index (χ4n) is 3.52. The van der Waals surface area contributed by atoms with Crippen molar-refractivity contribution in [2.75, 3.05) is 18.0 Å². The zero-order valence-corrected chi connectivity index (χ0v) is 15.6. The third-order valence-corrected chi connectivity index (χ3v) is 5.05. The second kappa shape index (κ2) is 7.53. The minimum atomic E-state index is -0.194. The summed E-state index contributed by atoms with van der Waals surface area (Å²) in [4.78, 5) is 2.26. The maximum absolute atomic E-state index is 9.66. The molecule has 3 rings (SSSR count). The molecule has 1 aliphatic heterocycles. The molecule has 1 unspecified atom stereocenters. The monoisotopic (exact) mass is 347 g/mol. The second-order valence-electron chi connectivity index (χ2n) is 6.41. The lowest BCUT2D eigenvalue weighted by Gasteiger charge is -2.29. The van der Waals surface area contributed by atoms with Crippen LogP contribution in [0.4, 0.5) is 5.69 Å². The summed E-state index contributed by atoms with van der Waals surface area (Å²) in [6, 6.07) is 16.8. The number of hydrogen-bond acceptors (Lipinski definition) is 4. The number of allylic oxidation sites excluding steroid dienone is 1. The number of fused-ring (bicyclic) bond motifs is 1. The Morgan fingerprint density at radius 2 is 1.77 bits per heavy atom. The second-order valence-corrected chi connectivity index (χ2v) is 6.41. The van der Waals surface area contributed by atoms with Crippen LogP contribution in [0.25, 0.3) is 0 Å². The molecule has 1 atom stereocenters. The van der Waals surface area contributed by atoms with Gasteiger partial charge in [0, 0.05) is 30.4 Å². The van der Waals surface area contributed by atoms with Crippen molar-refractivity contribution in [3.8, 4) is 11.8 Å². The van der Waals surface area contributed by atoms with E-state index in [9.17, 15) is 5.26 Å². The number of ether oxygens (including phenoxy) is 1. The van der Waals surface area contributed by atoms with Gasteiger partial charge >= 0.3 is 0 Å². The Morgan fingerprint density at radius 1 is 1.08 bits per heavy atom. The van der Waals surface area contributed by atoms with Crippen molar-refractivity contribution in [1.82, 2.24) is 0 Å². The van der Waals surface area contributed by atoms with Crippen LogP contribution in [-0.4, -0.2) is 13.1 Å². The van der Waals surface area contributed by atoms with E-state index in [1.165, 1.54) is 5.56 Å². The zero-order valence-electron chi connectivity index (χ0n) is 15.6. The SMILES string of the molecule is CCc1ccc(C2C(C#N)=C(N)Oc3cc(N(CC)CC)ccc32)cc1. The predicted molar refractivity (Wildman–Crippen MR) is 105 cm³/mol. The van der Waals surface area contributed by atoms with Gasteiger partial charge in [-0.2, -0.15) is 5.26 Å². The summed E-state index contributed by atoms with van der Waals surface area (Å²) in [5.41, 5.74) is 11.0. The van der Waals surface area contributed by atoms with E-state index in [1.54, 1.807) is 0 Å². The molecule has 0 amide bonds.